The second-order valence-corrected chi connectivity index (χ2v) is 7.54. The van der Waals surface area contributed by atoms with E-state index in [0.29, 0.717) is 11.6 Å². The number of nitrogens with zero attached hydrogens (tertiary/aromatic N) is 2. The van der Waals surface area contributed by atoms with E-state index in [1.165, 1.54) is 60.5 Å². The molecule has 1 amide bonds. The first kappa shape index (κ1) is 15.7. The maximum Gasteiger partial charge on any atom is 0.276 e. The van der Waals surface area contributed by atoms with Crippen LogP contribution in [0.4, 0.5) is 0 Å². The molecular weight excluding hydrogens is 326 g/mol. The molecule has 0 bridgehead atoms. The molecule has 3 aromatic rings. The van der Waals surface area contributed by atoms with Gasteiger partial charge in [-0.3, -0.25) is 4.79 Å². The predicted octanol–water partition coefficient (Wildman–Crippen LogP) is 4.48. The van der Waals surface area contributed by atoms with Gasteiger partial charge in [-0.2, -0.15) is 0 Å². The summed E-state index contributed by atoms with van der Waals surface area (Å²) in [4.78, 5) is 18.8. The van der Waals surface area contributed by atoms with Gasteiger partial charge in [-0.05, 0) is 36.8 Å². The van der Waals surface area contributed by atoms with Crippen molar-refractivity contribution in [1.29, 1.82) is 0 Å². The Morgan fingerprint density at radius 3 is 2.81 bits per heavy atom. The molecule has 1 saturated carbocycles. The number of nitrogens with one attached hydrogen (secondary N) is 1. The predicted molar refractivity (Wildman–Crippen MR) is 98.9 cm³/mol. The molecule has 0 saturated heterocycles. The number of hydrogen-bond donors (Lipinski definition) is 1. The van der Waals surface area contributed by atoms with Crippen LogP contribution in [0, 0.1) is 5.92 Å². The minimum absolute atomic E-state index is 0.0152. The third-order valence-electron chi connectivity index (χ3n) is 6.10. The first-order valence-electron chi connectivity index (χ1n) is 9.64. The zero-order valence-electron chi connectivity index (χ0n) is 14.8. The smallest absolute Gasteiger partial charge is 0.276 e. The van der Waals surface area contributed by atoms with Gasteiger partial charge in [0.15, 0.2) is 5.69 Å². The quantitative estimate of drug-likeness (QED) is 0.742. The monoisotopic (exact) mass is 349 g/mol. The van der Waals surface area contributed by atoms with E-state index in [-0.39, 0.29) is 11.9 Å². The molecule has 1 aliphatic heterocycles. The fourth-order valence-electron chi connectivity index (χ4n) is 4.91. The number of para-hydroxylation sites is 1. The van der Waals surface area contributed by atoms with Gasteiger partial charge in [-0.15, -0.1) is 0 Å². The van der Waals surface area contributed by atoms with E-state index in [4.69, 9.17) is 4.52 Å². The molecule has 1 atom stereocenters. The van der Waals surface area contributed by atoms with Crippen molar-refractivity contribution in [3.63, 3.8) is 0 Å². The molecular formula is C21H23N3O2. The molecule has 5 nitrogen and oxygen atoms in total. The number of carbonyl (C=O) groups excluding carboxylic acids is 1. The Balaban J connectivity index is 1.61. The van der Waals surface area contributed by atoms with Crippen molar-refractivity contribution < 1.29 is 9.32 Å². The molecule has 1 unspecified atom stereocenters. The Labute approximate surface area is 152 Å². The average molecular weight is 349 g/mol. The Morgan fingerprint density at radius 1 is 1.15 bits per heavy atom. The summed E-state index contributed by atoms with van der Waals surface area (Å²) >= 11 is 0. The molecule has 2 aromatic heterocycles. The lowest BCUT2D eigenvalue weighted by molar-refractivity contribution is 0.0523. The number of aromatic nitrogens is 2. The second-order valence-electron chi connectivity index (χ2n) is 7.54. The summed E-state index contributed by atoms with van der Waals surface area (Å²) in [6.45, 7) is 0.738. The minimum atomic E-state index is -0.0152. The summed E-state index contributed by atoms with van der Waals surface area (Å²) in [5.74, 6) is 0.491. The van der Waals surface area contributed by atoms with Crippen molar-refractivity contribution >= 4 is 16.8 Å². The standard InChI is InChI=1S/C21H23N3O2/c25-21(18-11-13-26-23-18)24-12-10-16-15-8-4-5-9-17(15)22-19(16)20(24)14-6-2-1-3-7-14/h4-5,8-9,11,13-14,20,22H,1-3,6-7,10,12H2. The Kier molecular flexibility index (Phi) is 3.80. The van der Waals surface area contributed by atoms with Gasteiger partial charge in [0.25, 0.3) is 5.91 Å². The van der Waals surface area contributed by atoms with Crippen LogP contribution >= 0.6 is 0 Å². The van der Waals surface area contributed by atoms with Crippen LogP contribution in [0.15, 0.2) is 41.1 Å². The SMILES string of the molecule is O=C(c1ccon1)N1CCc2c([nH]c3ccccc23)C1C1CCCCC1. The molecule has 134 valence electrons. The highest BCUT2D eigenvalue weighted by molar-refractivity contribution is 5.93. The van der Waals surface area contributed by atoms with Crippen LogP contribution in [-0.4, -0.2) is 27.5 Å². The highest BCUT2D eigenvalue weighted by atomic mass is 16.5. The largest absolute Gasteiger partial charge is 0.364 e. The molecule has 5 heteroatoms. The maximum absolute atomic E-state index is 13.1. The van der Waals surface area contributed by atoms with Gasteiger partial charge < -0.3 is 14.4 Å². The number of carbonyl (C=O) groups is 1. The van der Waals surface area contributed by atoms with Crippen molar-refractivity contribution in [2.75, 3.05) is 6.54 Å². The molecule has 1 fully saturated rings. The molecule has 3 heterocycles. The first-order chi connectivity index (χ1) is 12.8. The van der Waals surface area contributed by atoms with Crippen LogP contribution in [0.3, 0.4) is 0 Å². The van der Waals surface area contributed by atoms with Crippen molar-refractivity contribution in [3.05, 3.63) is 53.5 Å². The molecule has 5 rings (SSSR count). The van der Waals surface area contributed by atoms with Crippen molar-refractivity contribution in [2.24, 2.45) is 5.92 Å². The molecule has 0 radical (unpaired) electrons. The van der Waals surface area contributed by atoms with Crippen LogP contribution in [-0.2, 0) is 6.42 Å². The number of hydrogen-bond acceptors (Lipinski definition) is 3. The van der Waals surface area contributed by atoms with E-state index in [1.54, 1.807) is 6.07 Å². The van der Waals surface area contributed by atoms with Crippen molar-refractivity contribution in [1.82, 2.24) is 15.0 Å². The summed E-state index contributed by atoms with van der Waals surface area (Å²) in [5.41, 5.74) is 4.21. The van der Waals surface area contributed by atoms with Crippen LogP contribution in [0.1, 0.15) is 59.9 Å². The van der Waals surface area contributed by atoms with Gasteiger partial charge in [0.1, 0.15) is 6.26 Å². The molecule has 26 heavy (non-hydrogen) atoms. The van der Waals surface area contributed by atoms with Gasteiger partial charge >= 0.3 is 0 Å². The lowest BCUT2D eigenvalue weighted by Gasteiger charge is -2.41. The van der Waals surface area contributed by atoms with Crippen molar-refractivity contribution in [3.8, 4) is 0 Å². The average Bonchev–Trinajstić information content (AvgIpc) is 3.35. The molecule has 1 aliphatic carbocycles. The van der Waals surface area contributed by atoms with Crippen LogP contribution in [0.25, 0.3) is 10.9 Å². The minimum Gasteiger partial charge on any atom is -0.364 e. The molecule has 1 N–H and O–H groups in total. The summed E-state index contributed by atoms with van der Waals surface area (Å²) in [6.07, 6.45) is 8.53. The van der Waals surface area contributed by atoms with E-state index >= 15 is 0 Å². The summed E-state index contributed by atoms with van der Waals surface area (Å²) < 4.78 is 4.92. The lowest BCUT2D eigenvalue weighted by Crippen LogP contribution is -2.43. The van der Waals surface area contributed by atoms with Gasteiger partial charge in [0.05, 0.1) is 6.04 Å². The highest BCUT2D eigenvalue weighted by Crippen LogP contribution is 2.44. The Hall–Kier alpha value is -2.56. The number of aromatic amines is 1. The third kappa shape index (κ3) is 2.45. The lowest BCUT2D eigenvalue weighted by atomic mass is 9.79. The zero-order valence-corrected chi connectivity index (χ0v) is 14.8. The third-order valence-corrected chi connectivity index (χ3v) is 6.10. The number of fused-ring (bicyclic) bond motifs is 3. The number of rotatable bonds is 2. The topological polar surface area (TPSA) is 62.1 Å². The fraction of sp³-hybridized carbons (Fsp3) is 0.429. The summed E-state index contributed by atoms with van der Waals surface area (Å²) in [7, 11) is 0. The normalized spacial score (nSPS) is 21.1. The number of amides is 1. The Bertz CT molecular complexity index is 922. The van der Waals surface area contributed by atoms with E-state index in [0.717, 1.165) is 13.0 Å². The maximum atomic E-state index is 13.1. The van der Waals surface area contributed by atoms with Crippen LogP contribution in [0.2, 0.25) is 0 Å². The summed E-state index contributed by atoms with van der Waals surface area (Å²) in [5, 5.41) is 5.20. The molecule has 1 aromatic carbocycles. The van der Waals surface area contributed by atoms with E-state index in [2.05, 4.69) is 34.4 Å². The molecule has 0 spiro atoms. The fourth-order valence-corrected chi connectivity index (χ4v) is 4.91. The van der Waals surface area contributed by atoms with Gasteiger partial charge in [0.2, 0.25) is 0 Å². The second kappa shape index (κ2) is 6.31. The van der Waals surface area contributed by atoms with Crippen molar-refractivity contribution in [2.45, 2.75) is 44.6 Å². The van der Waals surface area contributed by atoms with Gasteiger partial charge in [-0.1, -0.05) is 42.6 Å². The van der Waals surface area contributed by atoms with Crippen LogP contribution < -0.4 is 0 Å². The first-order valence-corrected chi connectivity index (χ1v) is 9.64. The Morgan fingerprint density at radius 2 is 2.00 bits per heavy atom. The zero-order chi connectivity index (χ0) is 17.5. The highest BCUT2D eigenvalue weighted by Gasteiger charge is 2.39. The van der Waals surface area contributed by atoms with Crippen LogP contribution in [0.5, 0.6) is 0 Å². The van der Waals surface area contributed by atoms with E-state index < -0.39 is 0 Å². The van der Waals surface area contributed by atoms with E-state index in [1.807, 2.05) is 4.90 Å². The summed E-state index contributed by atoms with van der Waals surface area (Å²) in [6, 6.07) is 10.3. The molecule has 2 aliphatic rings. The van der Waals surface area contributed by atoms with Gasteiger partial charge in [0, 0.05) is 29.2 Å². The number of H-pyrrole nitrogens is 1. The van der Waals surface area contributed by atoms with Gasteiger partial charge in [-0.25, -0.2) is 0 Å². The van der Waals surface area contributed by atoms with E-state index in [9.17, 15) is 4.79 Å². The number of benzene rings is 1.